The van der Waals surface area contributed by atoms with Crippen LogP contribution in [-0.2, 0) is 25.6 Å². The summed E-state index contributed by atoms with van der Waals surface area (Å²) in [4.78, 5) is 44.4. The molecule has 1 heterocycles. The predicted molar refractivity (Wildman–Crippen MR) is 127 cm³/mol. The van der Waals surface area contributed by atoms with Gasteiger partial charge in [0.1, 0.15) is 11.3 Å². The van der Waals surface area contributed by atoms with Gasteiger partial charge in [-0.3, -0.25) is 19.4 Å². The zero-order valence-electron chi connectivity index (χ0n) is 19.1. The molecule has 1 aromatic rings. The van der Waals surface area contributed by atoms with Crippen molar-refractivity contribution in [2.75, 3.05) is 12.5 Å². The molecule has 2 N–H and O–H groups in total. The molecule has 0 fully saturated rings. The third-order valence-electron chi connectivity index (χ3n) is 4.72. The molecule has 2 aliphatic rings. The summed E-state index contributed by atoms with van der Waals surface area (Å²) in [6.45, 7) is 7.57. The first kappa shape index (κ1) is 25.1. The number of nitrogens with one attached hydrogen (secondary N) is 2. The van der Waals surface area contributed by atoms with E-state index in [2.05, 4.69) is 10.9 Å². The van der Waals surface area contributed by atoms with Crippen LogP contribution in [0.5, 0.6) is 0 Å². The van der Waals surface area contributed by atoms with Gasteiger partial charge in [0.05, 0.1) is 23.0 Å². The van der Waals surface area contributed by atoms with Gasteiger partial charge < -0.3 is 4.74 Å². The fourth-order valence-electron chi connectivity index (χ4n) is 3.34. The highest BCUT2D eigenvalue weighted by atomic mass is 35.5. The Hall–Kier alpha value is -2.49. The van der Waals surface area contributed by atoms with Gasteiger partial charge in [-0.05, 0) is 51.3 Å². The van der Waals surface area contributed by atoms with Gasteiger partial charge in [-0.15, -0.1) is 0 Å². The predicted octanol–water partition coefficient (Wildman–Crippen LogP) is 4.12. The highest BCUT2D eigenvalue weighted by Gasteiger charge is 2.40. The lowest BCUT2D eigenvalue weighted by Crippen LogP contribution is -2.45. The molecule has 0 saturated heterocycles. The van der Waals surface area contributed by atoms with Crippen LogP contribution in [0.15, 0.2) is 46.5 Å². The number of ketones is 1. The highest BCUT2D eigenvalue weighted by Crippen LogP contribution is 2.42. The molecule has 1 aliphatic carbocycles. The van der Waals surface area contributed by atoms with Crippen molar-refractivity contribution in [1.82, 2.24) is 15.9 Å². The topological polar surface area (TPSA) is 97.0 Å². The Bertz CT molecular complexity index is 985. The van der Waals surface area contributed by atoms with Crippen LogP contribution in [0.2, 0.25) is 5.02 Å². The second-order valence-electron chi connectivity index (χ2n) is 8.65. The zero-order valence-corrected chi connectivity index (χ0v) is 20.6. The van der Waals surface area contributed by atoms with Crippen LogP contribution in [0.1, 0.15) is 39.7 Å². The van der Waals surface area contributed by atoms with E-state index < -0.39 is 23.5 Å². The summed E-state index contributed by atoms with van der Waals surface area (Å²) in [6, 6.07) is 7.20. The number of rotatable bonds is 7. The van der Waals surface area contributed by atoms with Gasteiger partial charge in [0.15, 0.2) is 5.78 Å². The SMILES string of the molecule is CCCONC(=O)C1=CC(Cc2ccc(Cl)cc2)C(=O)C2=C1SCN2NC(=O)OC(C)(C)C. The van der Waals surface area contributed by atoms with E-state index in [1.54, 1.807) is 39.0 Å². The van der Waals surface area contributed by atoms with Crippen molar-refractivity contribution in [2.24, 2.45) is 5.92 Å². The van der Waals surface area contributed by atoms with Crippen molar-refractivity contribution >= 4 is 41.1 Å². The molecular weight excluding hydrogens is 466 g/mol. The normalized spacial score (nSPS) is 18.1. The molecule has 0 saturated carbocycles. The third-order valence-corrected chi connectivity index (χ3v) is 6.06. The van der Waals surface area contributed by atoms with Gasteiger partial charge in [0.2, 0.25) is 0 Å². The summed E-state index contributed by atoms with van der Waals surface area (Å²) in [5, 5.41) is 2.04. The molecule has 1 atom stereocenters. The van der Waals surface area contributed by atoms with E-state index in [1.165, 1.54) is 16.8 Å². The van der Waals surface area contributed by atoms with Crippen LogP contribution in [-0.4, -0.2) is 40.9 Å². The minimum Gasteiger partial charge on any atom is -0.443 e. The lowest BCUT2D eigenvalue weighted by Gasteiger charge is -2.28. The first-order chi connectivity index (χ1) is 15.6. The Balaban J connectivity index is 1.88. The summed E-state index contributed by atoms with van der Waals surface area (Å²) in [7, 11) is 0. The number of hydroxylamine groups is 1. The number of Topliss-reactive ketones (excluding diaryl/α,β-unsaturated/α-hetero) is 1. The first-order valence-electron chi connectivity index (χ1n) is 10.7. The van der Waals surface area contributed by atoms with Crippen molar-refractivity contribution in [1.29, 1.82) is 0 Å². The number of carbonyl (C=O) groups is 3. The van der Waals surface area contributed by atoms with Gasteiger partial charge in [0, 0.05) is 10.9 Å². The molecule has 0 aromatic heterocycles. The largest absolute Gasteiger partial charge is 0.443 e. The number of hydrogen-bond acceptors (Lipinski definition) is 7. The molecule has 1 unspecified atom stereocenters. The number of thioether (sulfide) groups is 1. The molecule has 1 aliphatic heterocycles. The maximum absolute atomic E-state index is 13.4. The zero-order chi connectivity index (χ0) is 24.2. The first-order valence-corrected chi connectivity index (χ1v) is 12.0. The van der Waals surface area contributed by atoms with Crippen molar-refractivity contribution in [3.8, 4) is 0 Å². The smallest absolute Gasteiger partial charge is 0.426 e. The number of allylic oxidation sites excluding steroid dienone is 2. The molecule has 2 amide bonds. The van der Waals surface area contributed by atoms with Gasteiger partial charge >= 0.3 is 6.09 Å². The summed E-state index contributed by atoms with van der Waals surface area (Å²) in [5.41, 5.74) is 5.91. The Labute approximate surface area is 202 Å². The standard InChI is InChI=1S/C23H28ClN3O5S/c1-5-10-31-26-21(29)17-12-15(11-14-6-8-16(24)9-7-14)19(28)18-20(17)33-13-27(18)25-22(30)32-23(2,3)4/h6-9,12,15H,5,10-11,13H2,1-4H3,(H,25,30)(H,26,29). The van der Waals surface area contributed by atoms with Crippen LogP contribution in [0.3, 0.4) is 0 Å². The van der Waals surface area contributed by atoms with Gasteiger partial charge in [-0.25, -0.2) is 15.7 Å². The number of nitrogens with zero attached hydrogens (tertiary/aromatic N) is 1. The Morgan fingerprint density at radius 2 is 1.94 bits per heavy atom. The quantitative estimate of drug-likeness (QED) is 0.435. The highest BCUT2D eigenvalue weighted by molar-refractivity contribution is 8.03. The summed E-state index contributed by atoms with van der Waals surface area (Å²) in [5.74, 6) is -0.953. The van der Waals surface area contributed by atoms with Crippen molar-refractivity contribution in [3.63, 3.8) is 0 Å². The second-order valence-corrected chi connectivity index (χ2v) is 10.0. The number of halogens is 1. The Morgan fingerprint density at radius 3 is 2.58 bits per heavy atom. The van der Waals surface area contributed by atoms with Crippen LogP contribution in [0.25, 0.3) is 0 Å². The van der Waals surface area contributed by atoms with Gasteiger partial charge in [-0.2, -0.15) is 0 Å². The molecule has 0 radical (unpaired) electrons. The number of ether oxygens (including phenoxy) is 1. The second kappa shape index (κ2) is 10.6. The van der Waals surface area contributed by atoms with Crippen molar-refractivity contribution in [3.05, 3.63) is 57.1 Å². The van der Waals surface area contributed by atoms with E-state index in [9.17, 15) is 14.4 Å². The van der Waals surface area contributed by atoms with E-state index in [4.69, 9.17) is 21.2 Å². The van der Waals surface area contributed by atoms with E-state index in [-0.39, 0.29) is 17.4 Å². The summed E-state index contributed by atoms with van der Waals surface area (Å²) < 4.78 is 5.33. The summed E-state index contributed by atoms with van der Waals surface area (Å²) in [6.07, 6.45) is 2.12. The molecule has 1 aromatic carbocycles. The van der Waals surface area contributed by atoms with Gasteiger partial charge in [-0.1, -0.05) is 48.5 Å². The average Bonchev–Trinajstić information content (AvgIpc) is 3.14. The molecule has 8 nitrogen and oxygen atoms in total. The molecule has 0 bridgehead atoms. The van der Waals surface area contributed by atoms with Crippen LogP contribution in [0, 0.1) is 5.92 Å². The van der Waals surface area contributed by atoms with Crippen molar-refractivity contribution < 1.29 is 24.0 Å². The molecular formula is C23H28ClN3O5S. The molecule has 178 valence electrons. The monoisotopic (exact) mass is 493 g/mol. The average molecular weight is 494 g/mol. The van der Waals surface area contributed by atoms with E-state index in [0.717, 1.165) is 12.0 Å². The number of amides is 2. The maximum atomic E-state index is 13.4. The van der Waals surface area contributed by atoms with E-state index in [1.807, 2.05) is 19.1 Å². The third kappa shape index (κ3) is 6.52. The number of carbonyl (C=O) groups excluding carboxylic acids is 3. The van der Waals surface area contributed by atoms with Gasteiger partial charge in [0.25, 0.3) is 5.91 Å². The lowest BCUT2D eigenvalue weighted by molar-refractivity contribution is -0.129. The minimum atomic E-state index is -0.691. The number of benzene rings is 1. The molecule has 0 spiro atoms. The lowest BCUT2D eigenvalue weighted by atomic mass is 9.87. The molecule has 33 heavy (non-hydrogen) atoms. The van der Waals surface area contributed by atoms with Crippen LogP contribution in [0.4, 0.5) is 4.79 Å². The minimum absolute atomic E-state index is 0.188. The molecule has 10 heteroatoms. The van der Waals surface area contributed by atoms with Crippen LogP contribution >= 0.6 is 23.4 Å². The number of hydrazine groups is 1. The Kier molecular flexibility index (Phi) is 8.10. The maximum Gasteiger partial charge on any atom is 0.426 e. The van der Waals surface area contributed by atoms with E-state index in [0.29, 0.717) is 28.5 Å². The van der Waals surface area contributed by atoms with Crippen molar-refractivity contribution in [2.45, 2.75) is 46.1 Å². The van der Waals surface area contributed by atoms with Crippen LogP contribution < -0.4 is 10.9 Å². The fourth-order valence-corrected chi connectivity index (χ4v) is 4.58. The Morgan fingerprint density at radius 1 is 1.24 bits per heavy atom. The summed E-state index contributed by atoms with van der Waals surface area (Å²) >= 11 is 7.28. The number of hydrogen-bond donors (Lipinski definition) is 2. The van der Waals surface area contributed by atoms with E-state index >= 15 is 0 Å². The molecule has 3 rings (SSSR count). The fraction of sp³-hybridized carbons (Fsp3) is 0.435.